The van der Waals surface area contributed by atoms with Gasteiger partial charge < -0.3 is 20.7 Å². The molecule has 0 bridgehead atoms. The Morgan fingerprint density at radius 1 is 1.15 bits per heavy atom. The molecule has 2 fully saturated rings. The van der Waals surface area contributed by atoms with E-state index in [2.05, 4.69) is 25.8 Å². The van der Waals surface area contributed by atoms with Gasteiger partial charge in [0.25, 0.3) is 0 Å². The third-order valence-electron chi connectivity index (χ3n) is 6.42. The summed E-state index contributed by atoms with van der Waals surface area (Å²) in [5, 5.41) is 8.78. The number of piperazine rings is 1. The van der Waals surface area contributed by atoms with Crippen molar-refractivity contribution in [2.24, 2.45) is 0 Å². The average molecular weight is 456 g/mol. The normalized spacial score (nSPS) is 22.8. The summed E-state index contributed by atoms with van der Waals surface area (Å²) in [7, 11) is 0. The first kappa shape index (κ1) is 23.3. The highest BCUT2D eigenvalue weighted by atomic mass is 16.5. The summed E-state index contributed by atoms with van der Waals surface area (Å²) in [5.74, 6) is -0.340. The van der Waals surface area contributed by atoms with Crippen LogP contribution in [0.25, 0.3) is 0 Å². The van der Waals surface area contributed by atoms with E-state index in [4.69, 9.17) is 4.74 Å². The fourth-order valence-electron chi connectivity index (χ4n) is 4.34. The van der Waals surface area contributed by atoms with E-state index in [0.29, 0.717) is 23.9 Å². The SMILES string of the molecule is CCOC(=O)C1=C(CN2CCN([C@H](C)C(=O)NC3CC3)CC2)NC(=O)N[C@@H]1c1ccccc1. The van der Waals surface area contributed by atoms with Crippen molar-refractivity contribution in [3.63, 3.8) is 0 Å². The smallest absolute Gasteiger partial charge is 0.338 e. The maximum absolute atomic E-state index is 12.9. The molecule has 2 heterocycles. The molecule has 2 aliphatic heterocycles. The van der Waals surface area contributed by atoms with Gasteiger partial charge in [-0.3, -0.25) is 14.6 Å². The summed E-state index contributed by atoms with van der Waals surface area (Å²) in [5.41, 5.74) is 1.83. The van der Waals surface area contributed by atoms with Gasteiger partial charge in [-0.2, -0.15) is 0 Å². The van der Waals surface area contributed by atoms with Crippen LogP contribution in [0.5, 0.6) is 0 Å². The van der Waals surface area contributed by atoms with E-state index in [1.807, 2.05) is 37.3 Å². The molecule has 1 aromatic rings. The lowest BCUT2D eigenvalue weighted by Crippen LogP contribution is -2.55. The maximum atomic E-state index is 12.9. The Hall–Kier alpha value is -2.91. The second kappa shape index (κ2) is 10.4. The highest BCUT2D eigenvalue weighted by Crippen LogP contribution is 2.28. The van der Waals surface area contributed by atoms with Crippen LogP contribution in [-0.4, -0.2) is 79.1 Å². The molecule has 3 aliphatic rings. The van der Waals surface area contributed by atoms with Crippen molar-refractivity contribution in [3.8, 4) is 0 Å². The zero-order valence-corrected chi connectivity index (χ0v) is 19.3. The molecule has 178 valence electrons. The van der Waals surface area contributed by atoms with Crippen molar-refractivity contribution >= 4 is 17.9 Å². The van der Waals surface area contributed by atoms with Crippen LogP contribution in [-0.2, 0) is 14.3 Å². The summed E-state index contributed by atoms with van der Waals surface area (Å²) in [6, 6.07) is 8.72. The molecule has 9 heteroatoms. The number of amides is 3. The molecule has 0 aromatic heterocycles. The van der Waals surface area contributed by atoms with Crippen LogP contribution in [0, 0.1) is 0 Å². The Morgan fingerprint density at radius 3 is 2.48 bits per heavy atom. The summed E-state index contributed by atoms with van der Waals surface area (Å²) < 4.78 is 5.34. The van der Waals surface area contributed by atoms with Gasteiger partial charge in [-0.25, -0.2) is 9.59 Å². The zero-order valence-electron chi connectivity index (χ0n) is 19.3. The van der Waals surface area contributed by atoms with Gasteiger partial charge in [0.2, 0.25) is 5.91 Å². The number of urea groups is 1. The monoisotopic (exact) mass is 455 g/mol. The molecule has 1 saturated heterocycles. The van der Waals surface area contributed by atoms with Crippen molar-refractivity contribution < 1.29 is 19.1 Å². The first-order valence-corrected chi connectivity index (χ1v) is 11.8. The number of carbonyl (C=O) groups is 3. The largest absolute Gasteiger partial charge is 0.463 e. The number of esters is 1. The average Bonchev–Trinajstić information content (AvgIpc) is 3.63. The van der Waals surface area contributed by atoms with Crippen LogP contribution >= 0.6 is 0 Å². The molecule has 0 radical (unpaired) electrons. The Labute approximate surface area is 194 Å². The number of carbonyl (C=O) groups excluding carboxylic acids is 3. The van der Waals surface area contributed by atoms with Gasteiger partial charge in [0.05, 0.1) is 24.3 Å². The van der Waals surface area contributed by atoms with Gasteiger partial charge in [0, 0.05) is 44.5 Å². The second-order valence-corrected chi connectivity index (χ2v) is 8.83. The summed E-state index contributed by atoms with van der Waals surface area (Å²) in [6.07, 6.45) is 2.16. The highest BCUT2D eigenvalue weighted by molar-refractivity contribution is 5.95. The Morgan fingerprint density at radius 2 is 1.85 bits per heavy atom. The zero-order chi connectivity index (χ0) is 23.4. The Kier molecular flexibility index (Phi) is 7.29. The molecule has 1 aliphatic carbocycles. The topological polar surface area (TPSA) is 103 Å². The van der Waals surface area contributed by atoms with Gasteiger partial charge in [-0.05, 0) is 32.3 Å². The van der Waals surface area contributed by atoms with Gasteiger partial charge in [0.1, 0.15) is 0 Å². The minimum Gasteiger partial charge on any atom is -0.463 e. The molecule has 1 saturated carbocycles. The van der Waals surface area contributed by atoms with E-state index in [1.165, 1.54) is 0 Å². The third kappa shape index (κ3) is 5.72. The molecule has 0 spiro atoms. The summed E-state index contributed by atoms with van der Waals surface area (Å²) in [6.45, 7) is 7.37. The third-order valence-corrected chi connectivity index (χ3v) is 6.42. The van der Waals surface area contributed by atoms with E-state index in [0.717, 1.165) is 44.6 Å². The highest BCUT2D eigenvalue weighted by Gasteiger charge is 2.35. The number of rotatable bonds is 8. The van der Waals surface area contributed by atoms with Crippen LogP contribution in [0.3, 0.4) is 0 Å². The first-order chi connectivity index (χ1) is 16.0. The minimum absolute atomic E-state index is 0.0922. The van der Waals surface area contributed by atoms with Crippen LogP contribution in [0.2, 0.25) is 0 Å². The second-order valence-electron chi connectivity index (χ2n) is 8.83. The fourth-order valence-corrected chi connectivity index (χ4v) is 4.34. The molecular formula is C24H33N5O4. The predicted octanol–water partition coefficient (Wildman–Crippen LogP) is 1.14. The Balaban J connectivity index is 1.46. The van der Waals surface area contributed by atoms with Gasteiger partial charge in [-0.15, -0.1) is 0 Å². The van der Waals surface area contributed by atoms with E-state index in [-0.39, 0.29) is 24.6 Å². The number of hydrogen-bond acceptors (Lipinski definition) is 6. The molecule has 33 heavy (non-hydrogen) atoms. The molecule has 4 rings (SSSR count). The molecule has 1 aromatic carbocycles. The van der Waals surface area contributed by atoms with Gasteiger partial charge in [-0.1, -0.05) is 30.3 Å². The summed E-state index contributed by atoms with van der Waals surface area (Å²) >= 11 is 0. The molecule has 0 unspecified atom stereocenters. The van der Waals surface area contributed by atoms with Gasteiger partial charge in [0.15, 0.2) is 0 Å². The lowest BCUT2D eigenvalue weighted by atomic mass is 9.95. The van der Waals surface area contributed by atoms with Crippen molar-refractivity contribution in [1.29, 1.82) is 0 Å². The number of nitrogens with zero attached hydrogens (tertiary/aromatic N) is 2. The van der Waals surface area contributed by atoms with Crippen LogP contribution in [0.1, 0.15) is 38.3 Å². The first-order valence-electron chi connectivity index (χ1n) is 11.8. The quantitative estimate of drug-likeness (QED) is 0.508. The molecule has 3 amide bonds. The van der Waals surface area contributed by atoms with Crippen LogP contribution in [0.4, 0.5) is 4.79 Å². The molecule has 2 atom stereocenters. The minimum atomic E-state index is -0.568. The maximum Gasteiger partial charge on any atom is 0.338 e. The molecule has 3 N–H and O–H groups in total. The fraction of sp³-hybridized carbons (Fsp3) is 0.542. The number of hydrogen-bond donors (Lipinski definition) is 3. The van der Waals surface area contributed by atoms with Crippen molar-refractivity contribution in [1.82, 2.24) is 25.8 Å². The summed E-state index contributed by atoms with van der Waals surface area (Å²) in [4.78, 5) is 42.1. The van der Waals surface area contributed by atoms with E-state index in [9.17, 15) is 14.4 Å². The van der Waals surface area contributed by atoms with Crippen molar-refractivity contribution in [3.05, 3.63) is 47.2 Å². The van der Waals surface area contributed by atoms with E-state index >= 15 is 0 Å². The number of nitrogens with one attached hydrogen (secondary N) is 3. The van der Waals surface area contributed by atoms with Gasteiger partial charge >= 0.3 is 12.0 Å². The molecular weight excluding hydrogens is 422 g/mol. The van der Waals surface area contributed by atoms with Crippen LogP contribution in [0.15, 0.2) is 41.6 Å². The standard InChI is InChI=1S/C24H33N5O4/c1-3-33-23(31)20-19(26-24(32)27-21(20)17-7-5-4-6-8-17)15-28-11-13-29(14-12-28)16(2)22(30)25-18-9-10-18/h4-8,16,18,21H,3,9-15H2,1-2H3,(H,25,30)(H2,26,27,32)/t16-,21-/m1/s1. The lowest BCUT2D eigenvalue weighted by molar-refractivity contribution is -0.139. The lowest BCUT2D eigenvalue weighted by Gasteiger charge is -2.38. The molecule has 9 nitrogen and oxygen atoms in total. The van der Waals surface area contributed by atoms with E-state index in [1.54, 1.807) is 6.92 Å². The van der Waals surface area contributed by atoms with Crippen LogP contribution < -0.4 is 16.0 Å². The number of benzene rings is 1. The number of ether oxygens (including phenoxy) is 1. The Bertz CT molecular complexity index is 907. The van der Waals surface area contributed by atoms with E-state index < -0.39 is 12.0 Å². The van der Waals surface area contributed by atoms with Crippen molar-refractivity contribution in [2.45, 2.75) is 44.8 Å². The van der Waals surface area contributed by atoms with Crippen molar-refractivity contribution in [2.75, 3.05) is 39.3 Å². The predicted molar refractivity (Wildman–Crippen MR) is 123 cm³/mol.